The monoisotopic (exact) mass is 238 g/mol. The number of nitrogens with one attached hydrogen (secondary N) is 1. The van der Waals surface area contributed by atoms with Crippen molar-refractivity contribution in [2.45, 2.75) is 39.3 Å². The predicted molar refractivity (Wildman–Crippen MR) is 67.8 cm³/mol. The first-order valence-electron chi connectivity index (χ1n) is 5.99. The van der Waals surface area contributed by atoms with Crippen molar-refractivity contribution >= 4 is 11.4 Å². The highest BCUT2D eigenvalue weighted by Gasteiger charge is 2.32. The minimum Gasteiger partial charge on any atom is -0.488 e. The van der Waals surface area contributed by atoms with Gasteiger partial charge in [-0.15, -0.1) is 0 Å². The first-order chi connectivity index (χ1) is 7.97. The van der Waals surface area contributed by atoms with E-state index in [1.54, 1.807) is 6.07 Å². The molecule has 0 bridgehead atoms. The van der Waals surface area contributed by atoms with Crippen molar-refractivity contribution in [3.8, 4) is 5.75 Å². The summed E-state index contributed by atoms with van der Waals surface area (Å²) in [5.41, 5.74) is 6.97. The van der Waals surface area contributed by atoms with Crippen LogP contribution in [0.3, 0.4) is 0 Å². The number of anilines is 2. The zero-order chi connectivity index (χ0) is 12.6. The van der Waals surface area contributed by atoms with E-state index < -0.39 is 5.82 Å². The summed E-state index contributed by atoms with van der Waals surface area (Å²) in [5, 5.41) is 3.30. The second-order valence-electron chi connectivity index (χ2n) is 5.00. The molecule has 17 heavy (non-hydrogen) atoms. The summed E-state index contributed by atoms with van der Waals surface area (Å²) < 4.78 is 19.0. The molecule has 3 N–H and O–H groups in total. The molecular formula is C13H19FN2O. The number of rotatable bonds is 4. The molecule has 0 amide bonds. The van der Waals surface area contributed by atoms with Gasteiger partial charge in [0.1, 0.15) is 0 Å². The largest absolute Gasteiger partial charge is 0.488 e. The summed E-state index contributed by atoms with van der Waals surface area (Å²) in [7, 11) is 0. The number of nitrogen functional groups attached to an aromatic ring is 1. The minimum absolute atomic E-state index is 0.0548. The lowest BCUT2D eigenvalue weighted by Gasteiger charge is -2.15. The van der Waals surface area contributed by atoms with E-state index in [1.165, 1.54) is 6.07 Å². The third-order valence-electron chi connectivity index (χ3n) is 2.92. The van der Waals surface area contributed by atoms with Crippen molar-refractivity contribution in [2.75, 3.05) is 11.1 Å². The summed E-state index contributed by atoms with van der Waals surface area (Å²) >= 11 is 0. The van der Waals surface area contributed by atoms with Gasteiger partial charge >= 0.3 is 0 Å². The second kappa shape index (κ2) is 4.43. The van der Waals surface area contributed by atoms with Crippen LogP contribution in [0.1, 0.15) is 27.2 Å². The van der Waals surface area contributed by atoms with Gasteiger partial charge in [-0.2, -0.15) is 0 Å². The minimum atomic E-state index is -0.411. The van der Waals surface area contributed by atoms with Gasteiger partial charge in [0.25, 0.3) is 0 Å². The van der Waals surface area contributed by atoms with Crippen molar-refractivity contribution in [1.29, 1.82) is 0 Å². The van der Waals surface area contributed by atoms with Crippen molar-refractivity contribution in [3.05, 3.63) is 17.9 Å². The molecule has 3 nitrogen and oxygen atoms in total. The Morgan fingerprint density at radius 1 is 1.47 bits per heavy atom. The summed E-state index contributed by atoms with van der Waals surface area (Å²) in [5.74, 6) is 0.504. The summed E-state index contributed by atoms with van der Waals surface area (Å²) in [4.78, 5) is 0. The summed E-state index contributed by atoms with van der Waals surface area (Å²) in [6.07, 6.45) is 1.08. The molecule has 1 fully saturated rings. The van der Waals surface area contributed by atoms with E-state index in [2.05, 4.69) is 12.2 Å². The van der Waals surface area contributed by atoms with Gasteiger partial charge in [-0.05, 0) is 26.2 Å². The van der Waals surface area contributed by atoms with Crippen LogP contribution in [0.5, 0.6) is 5.75 Å². The van der Waals surface area contributed by atoms with Crippen molar-refractivity contribution < 1.29 is 9.13 Å². The van der Waals surface area contributed by atoms with Crippen LogP contribution in [0.2, 0.25) is 0 Å². The molecule has 0 radical (unpaired) electrons. The predicted octanol–water partition coefficient (Wildman–Crippen LogP) is 3.02. The standard InChI is InChI=1S/C13H19FN2O/c1-7(2)17-13-6-12(10(15)5-9(13)14)16-11-4-8(11)3/h5-8,11,16H,4,15H2,1-3H3. The highest BCUT2D eigenvalue weighted by molar-refractivity contribution is 5.69. The van der Waals surface area contributed by atoms with Gasteiger partial charge in [-0.3, -0.25) is 0 Å². The highest BCUT2D eigenvalue weighted by atomic mass is 19.1. The molecule has 94 valence electrons. The van der Waals surface area contributed by atoms with E-state index in [-0.39, 0.29) is 11.9 Å². The Labute approximate surface area is 101 Å². The normalized spacial score (nSPS) is 22.6. The number of hydrogen-bond donors (Lipinski definition) is 2. The van der Waals surface area contributed by atoms with Crippen LogP contribution in [0, 0.1) is 11.7 Å². The molecule has 0 saturated heterocycles. The van der Waals surface area contributed by atoms with E-state index in [1.807, 2.05) is 13.8 Å². The topological polar surface area (TPSA) is 47.3 Å². The first kappa shape index (κ1) is 12.0. The molecule has 0 heterocycles. The highest BCUT2D eigenvalue weighted by Crippen LogP contribution is 2.36. The maximum Gasteiger partial charge on any atom is 0.167 e. The molecule has 2 rings (SSSR count). The third kappa shape index (κ3) is 2.81. The molecule has 0 spiro atoms. The van der Waals surface area contributed by atoms with Crippen LogP contribution >= 0.6 is 0 Å². The molecule has 1 aromatic carbocycles. The number of nitrogens with two attached hydrogens (primary N) is 1. The SMILES string of the molecule is CC(C)Oc1cc(NC2CC2C)c(N)cc1F. The Balaban J connectivity index is 2.19. The van der Waals surface area contributed by atoms with Crippen LogP contribution in [0.25, 0.3) is 0 Å². The van der Waals surface area contributed by atoms with Gasteiger partial charge in [0.15, 0.2) is 11.6 Å². The van der Waals surface area contributed by atoms with E-state index >= 15 is 0 Å². The Morgan fingerprint density at radius 3 is 2.65 bits per heavy atom. The molecule has 0 aliphatic heterocycles. The van der Waals surface area contributed by atoms with Crippen LogP contribution < -0.4 is 15.8 Å². The molecular weight excluding hydrogens is 219 g/mol. The second-order valence-corrected chi connectivity index (χ2v) is 5.00. The summed E-state index contributed by atoms with van der Waals surface area (Å²) in [6, 6.07) is 3.41. The fourth-order valence-corrected chi connectivity index (χ4v) is 1.76. The number of halogens is 1. The average molecular weight is 238 g/mol. The van der Waals surface area contributed by atoms with Crippen LogP contribution in [0.15, 0.2) is 12.1 Å². The van der Waals surface area contributed by atoms with Gasteiger partial charge in [-0.25, -0.2) is 4.39 Å². The maximum absolute atomic E-state index is 13.6. The number of hydrogen-bond acceptors (Lipinski definition) is 3. The van der Waals surface area contributed by atoms with Gasteiger partial charge in [0.2, 0.25) is 0 Å². The fourth-order valence-electron chi connectivity index (χ4n) is 1.76. The Kier molecular flexibility index (Phi) is 3.13. The zero-order valence-corrected chi connectivity index (χ0v) is 10.5. The molecule has 2 atom stereocenters. The van der Waals surface area contributed by atoms with Gasteiger partial charge < -0.3 is 15.8 Å². The lowest BCUT2D eigenvalue weighted by molar-refractivity contribution is 0.231. The average Bonchev–Trinajstić information content (AvgIpc) is 2.89. The Hall–Kier alpha value is -1.45. The Bertz CT molecular complexity index is 420. The van der Waals surface area contributed by atoms with E-state index in [9.17, 15) is 4.39 Å². The van der Waals surface area contributed by atoms with Crippen LogP contribution in [0.4, 0.5) is 15.8 Å². The van der Waals surface area contributed by atoms with Crippen molar-refractivity contribution in [2.24, 2.45) is 5.92 Å². The van der Waals surface area contributed by atoms with Crippen molar-refractivity contribution in [3.63, 3.8) is 0 Å². The number of benzene rings is 1. The molecule has 1 aliphatic rings. The van der Waals surface area contributed by atoms with E-state index in [4.69, 9.17) is 10.5 Å². The quantitative estimate of drug-likeness (QED) is 0.793. The molecule has 1 aliphatic carbocycles. The molecule has 0 aromatic heterocycles. The van der Waals surface area contributed by atoms with E-state index in [0.29, 0.717) is 17.6 Å². The third-order valence-corrected chi connectivity index (χ3v) is 2.92. The zero-order valence-electron chi connectivity index (χ0n) is 10.5. The molecule has 4 heteroatoms. The van der Waals surface area contributed by atoms with Gasteiger partial charge in [0.05, 0.1) is 17.5 Å². The maximum atomic E-state index is 13.6. The van der Waals surface area contributed by atoms with E-state index in [0.717, 1.165) is 12.1 Å². The first-order valence-corrected chi connectivity index (χ1v) is 5.99. The van der Waals surface area contributed by atoms with Gasteiger partial charge in [0, 0.05) is 18.2 Å². The number of ether oxygens (including phenoxy) is 1. The van der Waals surface area contributed by atoms with Crippen LogP contribution in [-0.2, 0) is 0 Å². The molecule has 2 unspecified atom stereocenters. The lowest BCUT2D eigenvalue weighted by Crippen LogP contribution is -2.10. The van der Waals surface area contributed by atoms with Crippen molar-refractivity contribution in [1.82, 2.24) is 0 Å². The molecule has 1 aromatic rings. The fraction of sp³-hybridized carbons (Fsp3) is 0.538. The lowest BCUT2D eigenvalue weighted by atomic mass is 10.2. The Morgan fingerprint density at radius 2 is 2.12 bits per heavy atom. The summed E-state index contributed by atoms with van der Waals surface area (Å²) in [6.45, 7) is 5.90. The smallest absolute Gasteiger partial charge is 0.167 e. The van der Waals surface area contributed by atoms with Gasteiger partial charge in [-0.1, -0.05) is 6.92 Å². The van der Waals surface area contributed by atoms with Crippen LogP contribution in [-0.4, -0.2) is 12.1 Å². The molecule has 1 saturated carbocycles.